The van der Waals surface area contributed by atoms with Crippen LogP contribution in [0.2, 0.25) is 0 Å². The van der Waals surface area contributed by atoms with Gasteiger partial charge in [0.25, 0.3) is 28.4 Å². The summed E-state index contributed by atoms with van der Waals surface area (Å²) in [6.45, 7) is 11.9. The van der Waals surface area contributed by atoms with Gasteiger partial charge in [-0.3, -0.25) is 54.1 Å². The van der Waals surface area contributed by atoms with E-state index >= 15 is 0 Å². The number of nitrogens with zero attached hydrogens (tertiary/aromatic N) is 3. The van der Waals surface area contributed by atoms with Crippen molar-refractivity contribution in [2.24, 2.45) is 5.84 Å². The molecule has 0 saturated carbocycles. The van der Waals surface area contributed by atoms with Crippen molar-refractivity contribution in [2.75, 3.05) is 20.2 Å². The van der Waals surface area contributed by atoms with Gasteiger partial charge in [-0.25, -0.2) is 5.84 Å². The predicted octanol–water partition coefficient (Wildman–Crippen LogP) is 9.22. The Labute approximate surface area is 357 Å². The molecule has 0 atom stereocenters. The Morgan fingerprint density at radius 1 is 0.710 bits per heavy atom. The number of halogens is 8. The fraction of sp³-hybridized carbons (Fsp3) is 0.300. The molecule has 0 aliphatic rings. The first kappa shape index (κ1) is 53.7. The van der Waals surface area contributed by atoms with Crippen molar-refractivity contribution in [3.8, 4) is 0 Å². The molecule has 22 heteroatoms. The molecule has 0 unspecified atom stereocenters. The van der Waals surface area contributed by atoms with E-state index in [1.54, 1.807) is 0 Å². The Hall–Kier alpha value is -6.32. The zero-order chi connectivity index (χ0) is 48.7. The number of benzene rings is 4. The maximum Gasteiger partial charge on any atom is 0.416 e. The van der Waals surface area contributed by atoms with E-state index in [-0.39, 0.29) is 33.6 Å². The summed E-state index contributed by atoms with van der Waals surface area (Å²) in [6, 6.07) is 18.9. The van der Waals surface area contributed by atoms with E-state index in [9.17, 15) is 70.1 Å². The molecule has 0 aliphatic carbocycles. The van der Waals surface area contributed by atoms with Crippen molar-refractivity contribution in [3.63, 3.8) is 0 Å². The molecule has 0 aliphatic heterocycles. The van der Waals surface area contributed by atoms with Gasteiger partial charge in [0, 0.05) is 58.6 Å². The summed E-state index contributed by atoms with van der Waals surface area (Å²) in [5.74, 6) is 3.01. The number of hydrogen-bond donors (Lipinski definition) is 3. The minimum absolute atomic E-state index is 0.00517. The zero-order valence-corrected chi connectivity index (χ0v) is 34.5. The Bertz CT molecular complexity index is 2100. The Morgan fingerprint density at radius 3 is 1.37 bits per heavy atom. The van der Waals surface area contributed by atoms with Gasteiger partial charge in [0.2, 0.25) is 0 Å². The lowest BCUT2D eigenvalue weighted by molar-refractivity contribution is -0.385. The number of hydrazine groups is 1. The van der Waals surface area contributed by atoms with Gasteiger partial charge in [0.15, 0.2) is 5.78 Å². The Balaban J connectivity index is 0.000000859. The molecule has 2 amide bonds. The predicted molar refractivity (Wildman–Crippen MR) is 217 cm³/mol. The minimum Gasteiger partial charge on any atom is -0.345 e. The van der Waals surface area contributed by atoms with Gasteiger partial charge in [0.05, 0.1) is 36.0 Å². The summed E-state index contributed by atoms with van der Waals surface area (Å²) in [5.41, 5.74) is 0.00604. The molecular formula is C40H44ClF7N6O8. The van der Waals surface area contributed by atoms with E-state index in [0.717, 1.165) is 67.2 Å². The molecule has 4 N–H and O–H groups in total. The smallest absolute Gasteiger partial charge is 0.345 e. The summed E-state index contributed by atoms with van der Waals surface area (Å²) in [7, 11) is -1.00. The van der Waals surface area contributed by atoms with Crippen molar-refractivity contribution in [1.29, 1.82) is 0 Å². The number of nitrogens with one attached hydrogen (secondary N) is 2. The van der Waals surface area contributed by atoms with Crippen molar-refractivity contribution in [1.82, 2.24) is 15.6 Å². The first-order chi connectivity index (χ1) is 29.2. The van der Waals surface area contributed by atoms with E-state index in [1.165, 1.54) is 36.4 Å². The van der Waals surface area contributed by atoms with Crippen LogP contribution in [0.15, 0.2) is 97.1 Å². The maximum absolute atomic E-state index is 12.5. The second kappa shape index (κ2) is 26.8. The lowest BCUT2D eigenvalue weighted by atomic mass is 10.1. The minimum atomic E-state index is -4.50. The Kier molecular flexibility index (Phi) is 23.2. The molecule has 4 aromatic rings. The number of non-ortho nitro benzene ring substituents is 2. The molecule has 0 heterocycles. The summed E-state index contributed by atoms with van der Waals surface area (Å²) < 4.78 is 88.9. The molecule has 0 saturated heterocycles. The van der Waals surface area contributed by atoms with Gasteiger partial charge in [0.1, 0.15) is 0 Å². The fourth-order valence-corrected chi connectivity index (χ4v) is 5.06. The summed E-state index contributed by atoms with van der Waals surface area (Å²) in [5, 5.41) is 22.5. The highest BCUT2D eigenvalue weighted by molar-refractivity contribution is 6.67. The summed E-state index contributed by atoms with van der Waals surface area (Å²) in [6.07, 6.45) is -8.88. The molecule has 0 fully saturated rings. The highest BCUT2D eigenvalue weighted by atomic mass is 35.5. The van der Waals surface area contributed by atoms with E-state index in [1.807, 2.05) is 5.43 Å². The molecule has 0 aromatic heterocycles. The average Bonchev–Trinajstić information content (AvgIpc) is 3.22. The van der Waals surface area contributed by atoms with Crippen LogP contribution in [0.5, 0.6) is 0 Å². The molecule has 0 spiro atoms. The maximum atomic E-state index is 12.5. The van der Waals surface area contributed by atoms with Crippen LogP contribution < -0.4 is 16.6 Å². The normalized spacial score (nSPS) is 10.8. The number of nitro groups is 2. The fourth-order valence-electron chi connectivity index (χ4n) is 4.93. The van der Waals surface area contributed by atoms with Crippen molar-refractivity contribution >= 4 is 45.8 Å². The quantitative estimate of drug-likeness (QED) is 0.0247. The van der Waals surface area contributed by atoms with Gasteiger partial charge in [-0.05, 0) is 94.4 Å². The number of Topliss-reactive ketones (excluding diaryl/α,β-unsaturated/α-hetero) is 1. The number of nitrogen functional groups attached to an aromatic ring is 1. The number of carbonyl (C=O) groups is 4. The number of amides is 2. The van der Waals surface area contributed by atoms with Gasteiger partial charge in [-0.15, -0.1) is 0 Å². The van der Waals surface area contributed by atoms with Gasteiger partial charge >= 0.3 is 12.4 Å². The van der Waals surface area contributed by atoms with Crippen LogP contribution in [0, 0.1) is 20.2 Å². The standard InChI is InChI=1S/C16H11F3N2O4.C8H4ClF3O.C8H19N.C7H7N3O3.CH3F/c17-16(18,19)12-6-4-10(5-7-12)14(22)9-20-15(23)11-2-1-3-13(8-11)21(24)25;9-7(13)5-1-3-6(4-2-5)8(10,11)12;1-6-9(7(2)3)8(4)5;8-9-7(11)5-2-1-3-6(4-5)10(12)13;1-2/h1-8H,9H2,(H,20,23);1-4H;7-8H,6H2,1-5H3;1-4H,8H2,(H,9,11);1H3/i;;;;1D. The lowest BCUT2D eigenvalue weighted by Crippen LogP contribution is -2.36. The number of alkyl halides is 7. The van der Waals surface area contributed by atoms with Crippen LogP contribution in [0.4, 0.5) is 42.1 Å². The third-order valence-electron chi connectivity index (χ3n) is 7.84. The van der Waals surface area contributed by atoms with Crippen molar-refractivity contribution < 1.29 is 61.1 Å². The largest absolute Gasteiger partial charge is 0.416 e. The van der Waals surface area contributed by atoms with E-state index in [4.69, 9.17) is 18.8 Å². The van der Waals surface area contributed by atoms with Gasteiger partial charge < -0.3 is 5.32 Å². The van der Waals surface area contributed by atoms with Crippen LogP contribution in [0.3, 0.4) is 0 Å². The van der Waals surface area contributed by atoms with E-state index in [0.29, 0.717) is 12.1 Å². The van der Waals surface area contributed by atoms with Crippen LogP contribution in [-0.4, -0.2) is 69.9 Å². The molecule has 62 heavy (non-hydrogen) atoms. The Morgan fingerprint density at radius 2 is 1.08 bits per heavy atom. The number of hydrogen-bond acceptors (Lipinski definition) is 10. The van der Waals surface area contributed by atoms with Crippen LogP contribution in [0.1, 0.15) is 88.5 Å². The number of nitrogens with two attached hydrogens (primary N) is 1. The zero-order valence-electron chi connectivity index (χ0n) is 34.7. The lowest BCUT2D eigenvalue weighted by Gasteiger charge is -2.28. The molecule has 0 bridgehead atoms. The number of rotatable bonds is 11. The molecule has 14 nitrogen and oxygen atoms in total. The topological polar surface area (TPSA) is 208 Å². The van der Waals surface area contributed by atoms with E-state index < -0.39 is 69.9 Å². The van der Waals surface area contributed by atoms with Gasteiger partial charge in [-0.2, -0.15) is 26.3 Å². The van der Waals surface area contributed by atoms with E-state index in [2.05, 4.69) is 44.8 Å². The number of carbonyl (C=O) groups excluding carboxylic acids is 4. The monoisotopic (exact) mass is 905 g/mol. The third-order valence-corrected chi connectivity index (χ3v) is 8.06. The van der Waals surface area contributed by atoms with Crippen molar-refractivity contribution in [3.05, 3.63) is 151 Å². The average molecular weight is 906 g/mol. The van der Waals surface area contributed by atoms with Crippen molar-refractivity contribution in [2.45, 2.75) is 59.1 Å². The highest BCUT2D eigenvalue weighted by Gasteiger charge is 2.31. The second-order valence-electron chi connectivity index (χ2n) is 12.6. The van der Waals surface area contributed by atoms with Crippen LogP contribution >= 0.6 is 11.6 Å². The number of nitro benzene ring substituents is 2. The number of ketones is 1. The highest BCUT2D eigenvalue weighted by Crippen LogP contribution is 2.30. The first-order valence-electron chi connectivity index (χ1n) is 18.4. The molecule has 4 rings (SSSR count). The third kappa shape index (κ3) is 19.8. The first-order valence-corrected chi connectivity index (χ1v) is 18.1. The molecule has 0 radical (unpaired) electrons. The van der Waals surface area contributed by atoms with Crippen LogP contribution in [0.25, 0.3) is 0 Å². The van der Waals surface area contributed by atoms with Crippen LogP contribution in [-0.2, 0) is 12.4 Å². The second-order valence-corrected chi connectivity index (χ2v) is 13.0. The molecular weight excluding hydrogens is 861 g/mol. The molecule has 338 valence electrons. The summed E-state index contributed by atoms with van der Waals surface area (Å²) in [4.78, 5) is 67.4. The summed E-state index contributed by atoms with van der Waals surface area (Å²) >= 11 is 5.05. The molecule has 4 aromatic carbocycles. The van der Waals surface area contributed by atoms with Gasteiger partial charge in [-0.1, -0.05) is 31.2 Å². The SMILES string of the molecule is CCN(C(C)C)C(C)C.NNC(=O)c1cccc([N+](=O)[O-])c1.O=C(CNC(=O)c1cccc([N+](=O)[O-])c1)c1ccc(C(F)(F)F)cc1.O=C(Cl)c1ccc(C(F)(F)F)cc1.[2H]CF.